The first-order valence-electron chi connectivity index (χ1n) is 9.46. The van der Waals surface area contributed by atoms with Gasteiger partial charge >= 0.3 is 0 Å². The van der Waals surface area contributed by atoms with Crippen molar-refractivity contribution in [1.29, 1.82) is 0 Å². The van der Waals surface area contributed by atoms with Gasteiger partial charge in [0.25, 0.3) is 0 Å². The molecule has 2 aromatic rings. The highest BCUT2D eigenvalue weighted by atomic mass is 32.2. The lowest BCUT2D eigenvalue weighted by Crippen LogP contribution is -2.28. The number of rotatable bonds is 8. The molecule has 0 saturated carbocycles. The van der Waals surface area contributed by atoms with E-state index in [9.17, 15) is 17.6 Å². The summed E-state index contributed by atoms with van der Waals surface area (Å²) in [7, 11) is -0.457. The molecular formula is C20H24FN3O4S2. The Kier molecular flexibility index (Phi) is 7.32. The van der Waals surface area contributed by atoms with Gasteiger partial charge in [-0.1, -0.05) is 17.8 Å². The van der Waals surface area contributed by atoms with Crippen molar-refractivity contribution >= 4 is 27.7 Å². The number of nitrogens with zero attached hydrogens (tertiary/aromatic N) is 3. The van der Waals surface area contributed by atoms with Crippen LogP contribution >= 0.6 is 11.8 Å². The van der Waals surface area contributed by atoms with Gasteiger partial charge < -0.3 is 9.64 Å². The predicted octanol–water partition coefficient (Wildman–Crippen LogP) is 2.76. The summed E-state index contributed by atoms with van der Waals surface area (Å²) in [5.74, 6) is -0.324. The van der Waals surface area contributed by atoms with E-state index in [-0.39, 0.29) is 28.8 Å². The molecule has 1 aromatic carbocycles. The molecule has 0 aliphatic carbocycles. The highest BCUT2D eigenvalue weighted by Gasteiger charge is 2.27. The molecule has 0 N–H and O–H groups in total. The molecule has 1 amide bonds. The monoisotopic (exact) mass is 453 g/mol. The Hall–Kier alpha value is -2.17. The number of thioether (sulfide) groups is 1. The molecule has 1 aromatic heterocycles. The van der Waals surface area contributed by atoms with E-state index in [0.717, 1.165) is 12.8 Å². The molecule has 30 heavy (non-hydrogen) atoms. The van der Waals surface area contributed by atoms with Crippen molar-refractivity contribution in [2.45, 2.75) is 29.3 Å². The van der Waals surface area contributed by atoms with Gasteiger partial charge in [-0.15, -0.1) is 0 Å². The molecule has 0 unspecified atom stereocenters. The number of aromatic nitrogens is 1. The van der Waals surface area contributed by atoms with Crippen molar-refractivity contribution in [3.63, 3.8) is 0 Å². The highest BCUT2D eigenvalue weighted by molar-refractivity contribution is 7.99. The van der Waals surface area contributed by atoms with Gasteiger partial charge in [0.15, 0.2) is 11.6 Å². The maximum absolute atomic E-state index is 13.8. The van der Waals surface area contributed by atoms with Crippen LogP contribution in [0.25, 0.3) is 0 Å². The van der Waals surface area contributed by atoms with Crippen LogP contribution in [0.1, 0.15) is 18.4 Å². The number of amides is 1. The summed E-state index contributed by atoms with van der Waals surface area (Å²) in [6.07, 6.45) is 3.09. The number of methoxy groups -OCH3 is 1. The van der Waals surface area contributed by atoms with Gasteiger partial charge in [0.2, 0.25) is 15.9 Å². The number of hydrogen-bond donors (Lipinski definition) is 0. The van der Waals surface area contributed by atoms with E-state index in [1.165, 1.54) is 52.5 Å². The van der Waals surface area contributed by atoms with Crippen LogP contribution in [0.5, 0.6) is 5.75 Å². The maximum atomic E-state index is 13.8. The summed E-state index contributed by atoms with van der Waals surface area (Å²) in [5, 5.41) is 0.563. The molecule has 1 aliphatic rings. The standard InChI is InChI=1S/C20H24FN3O4S2/c1-23(13-15-5-7-18(28-2)17(21)11-15)20(25)14-29-19-8-6-16(12-22-19)30(26,27)24-9-3-4-10-24/h5-8,11-12H,3-4,9-10,13-14H2,1-2H3. The number of carbonyl (C=O) groups is 1. The fourth-order valence-electron chi connectivity index (χ4n) is 3.10. The Bertz CT molecular complexity index is 994. The van der Waals surface area contributed by atoms with E-state index < -0.39 is 15.8 Å². The summed E-state index contributed by atoms with van der Waals surface area (Å²) >= 11 is 1.22. The van der Waals surface area contributed by atoms with Crippen molar-refractivity contribution in [3.05, 3.63) is 47.9 Å². The largest absolute Gasteiger partial charge is 0.494 e. The molecular weight excluding hydrogens is 429 g/mol. The lowest BCUT2D eigenvalue weighted by atomic mass is 10.2. The number of pyridine rings is 1. The lowest BCUT2D eigenvalue weighted by Gasteiger charge is -2.17. The second-order valence-corrected chi connectivity index (χ2v) is 9.88. The van der Waals surface area contributed by atoms with Gasteiger partial charge in [-0.3, -0.25) is 4.79 Å². The first kappa shape index (κ1) is 22.5. The van der Waals surface area contributed by atoms with Crippen molar-refractivity contribution in [2.24, 2.45) is 0 Å². The van der Waals surface area contributed by atoms with Crippen LogP contribution in [0.4, 0.5) is 4.39 Å². The Balaban J connectivity index is 1.54. The van der Waals surface area contributed by atoms with Gasteiger partial charge in [0.05, 0.1) is 17.9 Å². The van der Waals surface area contributed by atoms with E-state index >= 15 is 0 Å². The van der Waals surface area contributed by atoms with Crippen LogP contribution in [-0.2, 0) is 21.4 Å². The lowest BCUT2D eigenvalue weighted by molar-refractivity contribution is -0.127. The zero-order valence-corrected chi connectivity index (χ0v) is 18.5. The van der Waals surface area contributed by atoms with Crippen LogP contribution < -0.4 is 4.74 Å². The van der Waals surface area contributed by atoms with E-state index in [0.29, 0.717) is 23.7 Å². The molecule has 3 rings (SSSR count). The van der Waals surface area contributed by atoms with Crippen molar-refractivity contribution in [1.82, 2.24) is 14.2 Å². The van der Waals surface area contributed by atoms with Crippen LogP contribution in [0, 0.1) is 5.82 Å². The average Bonchev–Trinajstić information content (AvgIpc) is 3.28. The molecule has 1 aliphatic heterocycles. The quantitative estimate of drug-likeness (QED) is 0.572. The second-order valence-electron chi connectivity index (χ2n) is 6.95. The van der Waals surface area contributed by atoms with Gasteiger partial charge in [-0.05, 0) is 42.7 Å². The first-order chi connectivity index (χ1) is 14.3. The minimum atomic E-state index is -3.50. The molecule has 0 bridgehead atoms. The Morgan fingerprint density at radius 3 is 2.60 bits per heavy atom. The predicted molar refractivity (Wildman–Crippen MR) is 112 cm³/mol. The topological polar surface area (TPSA) is 79.8 Å². The maximum Gasteiger partial charge on any atom is 0.244 e. The molecule has 2 heterocycles. The van der Waals surface area contributed by atoms with Gasteiger partial charge in [0, 0.05) is 32.9 Å². The van der Waals surface area contributed by atoms with Crippen LogP contribution in [0.3, 0.4) is 0 Å². The summed E-state index contributed by atoms with van der Waals surface area (Å²) in [5.41, 5.74) is 0.656. The average molecular weight is 454 g/mol. The second kappa shape index (κ2) is 9.76. The van der Waals surface area contributed by atoms with Crippen molar-refractivity contribution in [3.8, 4) is 5.75 Å². The summed E-state index contributed by atoms with van der Waals surface area (Å²) in [4.78, 5) is 18.2. The van der Waals surface area contributed by atoms with Crippen molar-refractivity contribution < 1.29 is 22.3 Å². The molecule has 7 nitrogen and oxygen atoms in total. The van der Waals surface area contributed by atoms with E-state index in [1.807, 2.05) is 0 Å². The Morgan fingerprint density at radius 1 is 1.27 bits per heavy atom. The normalized spacial score (nSPS) is 14.6. The smallest absolute Gasteiger partial charge is 0.244 e. The molecule has 0 radical (unpaired) electrons. The van der Waals surface area contributed by atoms with E-state index in [2.05, 4.69) is 4.98 Å². The van der Waals surface area contributed by atoms with Gasteiger partial charge in [0.1, 0.15) is 4.90 Å². The van der Waals surface area contributed by atoms with Gasteiger partial charge in [-0.2, -0.15) is 4.31 Å². The third-order valence-electron chi connectivity index (χ3n) is 4.82. The molecule has 1 saturated heterocycles. The number of hydrogen-bond acceptors (Lipinski definition) is 6. The fraction of sp³-hybridized carbons (Fsp3) is 0.400. The number of ether oxygens (including phenoxy) is 1. The fourth-order valence-corrected chi connectivity index (χ4v) is 5.34. The molecule has 1 fully saturated rings. The molecule has 10 heteroatoms. The van der Waals surface area contributed by atoms with E-state index in [4.69, 9.17) is 4.74 Å². The SMILES string of the molecule is COc1ccc(CN(C)C(=O)CSc2ccc(S(=O)(=O)N3CCCC3)cn2)cc1F. The number of carbonyl (C=O) groups excluding carboxylic acids is 1. The zero-order chi connectivity index (χ0) is 21.7. The van der Waals surface area contributed by atoms with E-state index in [1.54, 1.807) is 19.2 Å². The van der Waals surface area contributed by atoms with Gasteiger partial charge in [-0.25, -0.2) is 17.8 Å². The molecule has 162 valence electrons. The van der Waals surface area contributed by atoms with Crippen molar-refractivity contribution in [2.75, 3.05) is 33.0 Å². The summed E-state index contributed by atoms with van der Waals surface area (Å²) < 4.78 is 45.2. The zero-order valence-electron chi connectivity index (χ0n) is 16.9. The third-order valence-corrected chi connectivity index (χ3v) is 7.63. The third kappa shape index (κ3) is 5.30. The number of halogens is 1. The summed E-state index contributed by atoms with van der Waals surface area (Å²) in [6.45, 7) is 1.34. The number of sulfonamides is 1. The van der Waals surface area contributed by atoms with Crippen LogP contribution in [-0.4, -0.2) is 61.5 Å². The molecule has 0 spiro atoms. The number of benzene rings is 1. The van der Waals surface area contributed by atoms with Crippen LogP contribution in [0.2, 0.25) is 0 Å². The Labute approximate surface area is 180 Å². The van der Waals surface area contributed by atoms with Crippen LogP contribution in [0.15, 0.2) is 46.5 Å². The molecule has 0 atom stereocenters. The minimum absolute atomic E-state index is 0.139. The summed E-state index contributed by atoms with van der Waals surface area (Å²) in [6, 6.07) is 7.72. The minimum Gasteiger partial charge on any atom is -0.494 e. The Morgan fingerprint density at radius 2 is 2.00 bits per heavy atom. The highest BCUT2D eigenvalue weighted by Crippen LogP contribution is 2.23. The first-order valence-corrected chi connectivity index (χ1v) is 11.9.